The molecule has 1 saturated heterocycles. The van der Waals surface area contributed by atoms with Crippen molar-refractivity contribution in [2.75, 3.05) is 6.54 Å². The maximum atomic E-state index is 13.1. The number of halogens is 1. The normalized spacial score (nSPS) is 30.9. The standard InChI is InChI=1S/C21H21FN2O3/c22-15-5-1-12(2-6-15)10-23(16-7-8-16)17(25)11-24-20(26)18-13-3-4-14(9-13)19(18)21(24)27/h1-6,13-14,16,18-19H,7-11H2/t13-,14-,18-,19-/m0/s1. The molecule has 0 radical (unpaired) electrons. The zero-order valence-corrected chi connectivity index (χ0v) is 14.9. The molecule has 1 heterocycles. The maximum Gasteiger partial charge on any atom is 0.243 e. The molecule has 0 unspecified atom stereocenters. The number of hydrogen-bond donors (Lipinski definition) is 0. The van der Waals surface area contributed by atoms with Gasteiger partial charge in [-0.05, 0) is 48.8 Å². The predicted octanol–water partition coefficient (Wildman–Crippen LogP) is 2.12. The highest BCUT2D eigenvalue weighted by atomic mass is 19.1. The van der Waals surface area contributed by atoms with Crippen LogP contribution in [0.3, 0.4) is 0 Å². The van der Waals surface area contributed by atoms with E-state index in [2.05, 4.69) is 0 Å². The quantitative estimate of drug-likeness (QED) is 0.591. The van der Waals surface area contributed by atoms with Gasteiger partial charge in [-0.15, -0.1) is 0 Å². The Hall–Kier alpha value is -2.50. The Labute approximate surface area is 156 Å². The third-order valence-electron chi connectivity index (χ3n) is 6.43. The fourth-order valence-corrected chi connectivity index (χ4v) is 4.94. The van der Waals surface area contributed by atoms with E-state index in [1.165, 1.54) is 17.0 Å². The molecule has 6 heteroatoms. The van der Waals surface area contributed by atoms with Gasteiger partial charge in [-0.2, -0.15) is 0 Å². The van der Waals surface area contributed by atoms with Crippen molar-refractivity contribution in [1.29, 1.82) is 0 Å². The zero-order chi connectivity index (χ0) is 18.7. The second-order valence-corrected chi connectivity index (χ2v) is 8.14. The maximum absolute atomic E-state index is 13.1. The summed E-state index contributed by atoms with van der Waals surface area (Å²) in [6.45, 7) is 0.196. The number of rotatable bonds is 5. The molecule has 27 heavy (non-hydrogen) atoms. The average molecular weight is 368 g/mol. The molecule has 2 saturated carbocycles. The number of benzene rings is 1. The smallest absolute Gasteiger partial charge is 0.243 e. The van der Waals surface area contributed by atoms with Crippen LogP contribution in [-0.2, 0) is 20.9 Å². The molecule has 3 aliphatic carbocycles. The number of fused-ring (bicyclic) bond motifs is 5. The molecule has 1 aromatic rings. The minimum atomic E-state index is -0.314. The summed E-state index contributed by atoms with van der Waals surface area (Å²) >= 11 is 0. The van der Waals surface area contributed by atoms with Gasteiger partial charge in [0.25, 0.3) is 0 Å². The first-order chi connectivity index (χ1) is 13.0. The first kappa shape index (κ1) is 16.7. The van der Waals surface area contributed by atoms with Gasteiger partial charge in [-0.25, -0.2) is 4.39 Å². The predicted molar refractivity (Wildman–Crippen MR) is 94.4 cm³/mol. The highest BCUT2D eigenvalue weighted by Gasteiger charge is 2.59. The van der Waals surface area contributed by atoms with Gasteiger partial charge in [0.15, 0.2) is 0 Å². The van der Waals surface area contributed by atoms with Crippen molar-refractivity contribution in [3.8, 4) is 0 Å². The van der Waals surface area contributed by atoms with E-state index in [0.717, 1.165) is 24.8 Å². The summed E-state index contributed by atoms with van der Waals surface area (Å²) in [5, 5.41) is 0. The average Bonchev–Trinajstić information content (AvgIpc) is 3.21. The van der Waals surface area contributed by atoms with Crippen LogP contribution in [0.4, 0.5) is 4.39 Å². The van der Waals surface area contributed by atoms with E-state index in [9.17, 15) is 18.8 Å². The fraction of sp³-hybridized carbons (Fsp3) is 0.476. The van der Waals surface area contributed by atoms with Gasteiger partial charge in [0.05, 0.1) is 11.8 Å². The number of hydrogen-bond acceptors (Lipinski definition) is 3. The number of allylic oxidation sites excluding steroid dienone is 2. The summed E-state index contributed by atoms with van der Waals surface area (Å²) in [6.07, 6.45) is 6.83. The lowest BCUT2D eigenvalue weighted by molar-refractivity contribution is -0.147. The first-order valence-electron chi connectivity index (χ1n) is 9.60. The lowest BCUT2D eigenvalue weighted by Crippen LogP contribution is -2.44. The van der Waals surface area contributed by atoms with Gasteiger partial charge >= 0.3 is 0 Å². The summed E-state index contributed by atoms with van der Waals surface area (Å²) in [4.78, 5) is 41.4. The molecule has 140 valence electrons. The van der Waals surface area contributed by atoms with Crippen LogP contribution < -0.4 is 0 Å². The molecule has 4 atom stereocenters. The van der Waals surface area contributed by atoms with Crippen molar-refractivity contribution >= 4 is 17.7 Å². The Morgan fingerprint density at radius 3 is 2.19 bits per heavy atom. The number of amides is 3. The molecule has 0 aromatic heterocycles. The topological polar surface area (TPSA) is 57.7 Å². The van der Waals surface area contributed by atoms with Crippen LogP contribution in [-0.4, -0.2) is 40.1 Å². The van der Waals surface area contributed by atoms with E-state index < -0.39 is 0 Å². The Morgan fingerprint density at radius 1 is 1.04 bits per heavy atom. The second-order valence-electron chi connectivity index (χ2n) is 8.14. The lowest BCUT2D eigenvalue weighted by Gasteiger charge is -2.25. The Morgan fingerprint density at radius 2 is 1.63 bits per heavy atom. The van der Waals surface area contributed by atoms with Crippen LogP contribution in [0.25, 0.3) is 0 Å². The summed E-state index contributed by atoms with van der Waals surface area (Å²) in [5.74, 6) is -1.14. The van der Waals surface area contributed by atoms with E-state index >= 15 is 0 Å². The van der Waals surface area contributed by atoms with Gasteiger partial charge < -0.3 is 4.90 Å². The number of nitrogens with zero attached hydrogens (tertiary/aromatic N) is 2. The van der Waals surface area contributed by atoms with Gasteiger partial charge in [0.1, 0.15) is 12.4 Å². The highest BCUT2D eigenvalue weighted by Crippen LogP contribution is 2.52. The van der Waals surface area contributed by atoms with Crippen molar-refractivity contribution in [2.45, 2.75) is 31.8 Å². The highest BCUT2D eigenvalue weighted by molar-refractivity contribution is 6.08. The van der Waals surface area contributed by atoms with Crippen LogP contribution >= 0.6 is 0 Å². The number of carbonyl (C=O) groups is 3. The number of likely N-dealkylation sites (tertiary alicyclic amines) is 1. The molecule has 1 aliphatic heterocycles. The fourth-order valence-electron chi connectivity index (χ4n) is 4.94. The summed E-state index contributed by atoms with van der Waals surface area (Å²) in [7, 11) is 0. The first-order valence-corrected chi connectivity index (χ1v) is 9.60. The molecule has 0 spiro atoms. The van der Waals surface area contributed by atoms with Crippen molar-refractivity contribution in [3.63, 3.8) is 0 Å². The number of carbonyl (C=O) groups excluding carboxylic acids is 3. The molecule has 5 nitrogen and oxygen atoms in total. The van der Waals surface area contributed by atoms with E-state index in [4.69, 9.17) is 0 Å². The Balaban J connectivity index is 1.31. The van der Waals surface area contributed by atoms with E-state index in [-0.39, 0.29) is 59.8 Å². The van der Waals surface area contributed by atoms with Crippen LogP contribution in [0.15, 0.2) is 36.4 Å². The van der Waals surface area contributed by atoms with Crippen LogP contribution in [0.5, 0.6) is 0 Å². The van der Waals surface area contributed by atoms with E-state index in [1.807, 2.05) is 12.2 Å². The SMILES string of the molecule is O=C1[C@@H]2[C@@H](C(=O)N1CC(=O)N(Cc1ccc(F)cc1)C1CC1)[C@H]1C=C[C@H]2C1. The molecule has 0 N–H and O–H groups in total. The van der Waals surface area contributed by atoms with Crippen LogP contribution in [0, 0.1) is 29.5 Å². The van der Waals surface area contributed by atoms with Gasteiger partial charge in [0.2, 0.25) is 17.7 Å². The molecular formula is C21H21FN2O3. The minimum absolute atomic E-state index is 0.146. The zero-order valence-electron chi connectivity index (χ0n) is 14.9. The van der Waals surface area contributed by atoms with Crippen molar-refractivity contribution < 1.29 is 18.8 Å². The van der Waals surface area contributed by atoms with Crippen LogP contribution in [0.1, 0.15) is 24.8 Å². The molecule has 4 aliphatic rings. The minimum Gasteiger partial charge on any atom is -0.334 e. The Bertz CT molecular complexity index is 815. The third kappa shape index (κ3) is 2.69. The summed E-state index contributed by atoms with van der Waals surface area (Å²) in [6, 6.07) is 6.23. The monoisotopic (exact) mass is 368 g/mol. The van der Waals surface area contributed by atoms with Crippen molar-refractivity contribution in [1.82, 2.24) is 9.80 Å². The molecule has 3 amide bonds. The molecule has 1 aromatic carbocycles. The Kier molecular flexibility index (Phi) is 3.71. The van der Waals surface area contributed by atoms with Crippen LogP contribution in [0.2, 0.25) is 0 Å². The summed E-state index contributed by atoms with van der Waals surface area (Å²) in [5.41, 5.74) is 0.842. The molecule has 3 fully saturated rings. The van der Waals surface area contributed by atoms with Gasteiger partial charge in [0, 0.05) is 12.6 Å². The molecule has 2 bridgehead atoms. The van der Waals surface area contributed by atoms with Crippen molar-refractivity contribution in [3.05, 3.63) is 47.8 Å². The van der Waals surface area contributed by atoms with Gasteiger partial charge in [-0.3, -0.25) is 19.3 Å². The van der Waals surface area contributed by atoms with Gasteiger partial charge in [-0.1, -0.05) is 24.3 Å². The van der Waals surface area contributed by atoms with E-state index in [0.29, 0.717) is 6.54 Å². The second kappa shape index (κ2) is 6.01. The third-order valence-corrected chi connectivity index (χ3v) is 6.43. The molecule has 5 rings (SSSR count). The number of imide groups is 1. The largest absolute Gasteiger partial charge is 0.334 e. The van der Waals surface area contributed by atoms with Crippen molar-refractivity contribution in [2.24, 2.45) is 23.7 Å². The summed E-state index contributed by atoms with van der Waals surface area (Å²) < 4.78 is 13.1. The lowest BCUT2D eigenvalue weighted by atomic mass is 9.85. The molecular weight excluding hydrogens is 347 g/mol. The van der Waals surface area contributed by atoms with E-state index in [1.54, 1.807) is 17.0 Å².